The predicted octanol–water partition coefficient (Wildman–Crippen LogP) is 2.21. The summed E-state index contributed by atoms with van der Waals surface area (Å²) in [5.74, 6) is 5.12. The minimum absolute atomic E-state index is 0.277. The zero-order valence-electron chi connectivity index (χ0n) is 15.7. The Morgan fingerprint density at radius 2 is 1.93 bits per heavy atom. The van der Waals surface area contributed by atoms with E-state index in [1.165, 1.54) is 10.4 Å². The fraction of sp³-hybridized carbons (Fsp3) is 0.579. The summed E-state index contributed by atoms with van der Waals surface area (Å²) in [6, 6.07) is 5.67. The SMILES string of the molecule is CCCCCC#CC(CS(=O)(=O)N1CCN(c2ccccc2F)CC1)NO. The number of halogens is 1. The van der Waals surface area contributed by atoms with E-state index in [0.29, 0.717) is 25.2 Å². The molecule has 8 heteroatoms. The monoisotopic (exact) mass is 397 g/mol. The van der Waals surface area contributed by atoms with Gasteiger partial charge in [-0.05, 0) is 18.6 Å². The molecule has 0 bridgehead atoms. The average molecular weight is 398 g/mol. The van der Waals surface area contributed by atoms with Crippen molar-refractivity contribution in [1.82, 2.24) is 9.79 Å². The quantitative estimate of drug-likeness (QED) is 0.400. The molecular weight excluding hydrogens is 369 g/mol. The van der Waals surface area contributed by atoms with Crippen LogP contribution in [-0.4, -0.2) is 55.9 Å². The second-order valence-corrected chi connectivity index (χ2v) is 8.59. The molecule has 1 atom stereocenters. The molecule has 150 valence electrons. The van der Waals surface area contributed by atoms with Crippen molar-refractivity contribution in [3.8, 4) is 11.8 Å². The Kier molecular flexibility index (Phi) is 8.51. The topological polar surface area (TPSA) is 72.9 Å². The number of hydrogen-bond donors (Lipinski definition) is 2. The molecule has 27 heavy (non-hydrogen) atoms. The number of nitrogens with one attached hydrogen (secondary N) is 1. The van der Waals surface area contributed by atoms with Crippen LogP contribution in [0.1, 0.15) is 32.6 Å². The average Bonchev–Trinajstić information content (AvgIpc) is 2.67. The van der Waals surface area contributed by atoms with Crippen molar-refractivity contribution in [2.45, 2.75) is 38.6 Å². The van der Waals surface area contributed by atoms with Crippen LogP contribution >= 0.6 is 0 Å². The highest BCUT2D eigenvalue weighted by Gasteiger charge is 2.29. The second-order valence-electron chi connectivity index (χ2n) is 6.58. The van der Waals surface area contributed by atoms with Crippen molar-refractivity contribution in [2.24, 2.45) is 0 Å². The van der Waals surface area contributed by atoms with Crippen molar-refractivity contribution < 1.29 is 18.0 Å². The van der Waals surface area contributed by atoms with Gasteiger partial charge in [-0.3, -0.25) is 0 Å². The molecule has 2 rings (SSSR count). The van der Waals surface area contributed by atoms with Crippen LogP contribution in [-0.2, 0) is 10.0 Å². The largest absolute Gasteiger partial charge is 0.367 e. The van der Waals surface area contributed by atoms with Gasteiger partial charge < -0.3 is 10.1 Å². The normalized spacial score (nSPS) is 16.6. The van der Waals surface area contributed by atoms with E-state index >= 15 is 0 Å². The molecule has 0 spiro atoms. The molecule has 1 saturated heterocycles. The van der Waals surface area contributed by atoms with E-state index in [4.69, 9.17) is 0 Å². The van der Waals surface area contributed by atoms with Gasteiger partial charge in [-0.15, -0.1) is 5.92 Å². The number of hydroxylamine groups is 1. The minimum Gasteiger partial charge on any atom is -0.367 e. The molecule has 1 aromatic rings. The van der Waals surface area contributed by atoms with Gasteiger partial charge in [-0.25, -0.2) is 12.8 Å². The van der Waals surface area contributed by atoms with Crippen molar-refractivity contribution in [1.29, 1.82) is 0 Å². The number of hydrogen-bond acceptors (Lipinski definition) is 5. The van der Waals surface area contributed by atoms with Crippen molar-refractivity contribution in [2.75, 3.05) is 36.8 Å². The Bertz CT molecular complexity index is 753. The van der Waals surface area contributed by atoms with Crippen LogP contribution in [0.4, 0.5) is 10.1 Å². The smallest absolute Gasteiger partial charge is 0.216 e. The summed E-state index contributed by atoms with van der Waals surface area (Å²) in [6.45, 7) is 3.49. The van der Waals surface area contributed by atoms with Gasteiger partial charge >= 0.3 is 0 Å². The number of unbranched alkanes of at least 4 members (excludes halogenated alkanes) is 3. The first kappa shape index (κ1) is 21.6. The zero-order valence-corrected chi connectivity index (χ0v) is 16.5. The number of piperazine rings is 1. The zero-order chi connectivity index (χ0) is 19.7. The van der Waals surface area contributed by atoms with Crippen molar-refractivity contribution >= 4 is 15.7 Å². The van der Waals surface area contributed by atoms with Gasteiger partial charge in [0.2, 0.25) is 10.0 Å². The highest BCUT2D eigenvalue weighted by Crippen LogP contribution is 2.21. The fourth-order valence-electron chi connectivity index (χ4n) is 3.00. The molecule has 1 heterocycles. The van der Waals surface area contributed by atoms with Gasteiger partial charge in [0, 0.05) is 32.6 Å². The molecule has 0 aliphatic carbocycles. The van der Waals surface area contributed by atoms with Gasteiger partial charge in [0.15, 0.2) is 0 Å². The van der Waals surface area contributed by atoms with Gasteiger partial charge in [0.05, 0.1) is 11.4 Å². The second kappa shape index (κ2) is 10.6. The summed E-state index contributed by atoms with van der Waals surface area (Å²) in [7, 11) is -3.57. The molecule has 1 unspecified atom stereocenters. The Hall–Kier alpha value is -1.66. The molecular formula is C19H28FN3O3S. The molecule has 2 N–H and O–H groups in total. The first-order chi connectivity index (χ1) is 13.0. The van der Waals surface area contributed by atoms with E-state index < -0.39 is 16.1 Å². The highest BCUT2D eigenvalue weighted by atomic mass is 32.2. The predicted molar refractivity (Wildman–Crippen MR) is 105 cm³/mol. The molecule has 0 amide bonds. The number of sulfonamides is 1. The Morgan fingerprint density at radius 1 is 1.22 bits per heavy atom. The van der Waals surface area contributed by atoms with Crippen LogP contribution in [0, 0.1) is 17.7 Å². The summed E-state index contributed by atoms with van der Waals surface area (Å²) < 4.78 is 40.5. The van der Waals surface area contributed by atoms with Gasteiger partial charge in [0.1, 0.15) is 11.9 Å². The molecule has 1 aromatic carbocycles. The van der Waals surface area contributed by atoms with Crippen molar-refractivity contribution in [3.05, 3.63) is 30.1 Å². The Morgan fingerprint density at radius 3 is 2.56 bits per heavy atom. The van der Waals surface area contributed by atoms with E-state index in [-0.39, 0.29) is 24.7 Å². The lowest BCUT2D eigenvalue weighted by Gasteiger charge is -2.35. The number of benzene rings is 1. The van der Waals surface area contributed by atoms with Crippen LogP contribution in [0.25, 0.3) is 0 Å². The molecule has 1 aliphatic rings. The molecule has 0 radical (unpaired) electrons. The summed E-state index contributed by atoms with van der Waals surface area (Å²) >= 11 is 0. The summed E-state index contributed by atoms with van der Waals surface area (Å²) in [5.41, 5.74) is 2.48. The molecule has 1 aliphatic heterocycles. The van der Waals surface area contributed by atoms with E-state index in [2.05, 4.69) is 18.8 Å². The molecule has 1 fully saturated rings. The third kappa shape index (κ3) is 6.47. The third-order valence-corrected chi connectivity index (χ3v) is 6.45. The van der Waals surface area contributed by atoms with Gasteiger partial charge in [-0.1, -0.05) is 37.8 Å². The molecule has 0 aromatic heterocycles. The fourth-order valence-corrected chi connectivity index (χ4v) is 4.51. The van der Waals surface area contributed by atoms with Gasteiger partial charge in [-0.2, -0.15) is 9.79 Å². The van der Waals surface area contributed by atoms with Gasteiger partial charge in [0.25, 0.3) is 0 Å². The maximum absolute atomic E-state index is 13.9. The van der Waals surface area contributed by atoms with E-state index in [0.717, 1.165) is 19.3 Å². The maximum atomic E-state index is 13.9. The molecule has 0 saturated carbocycles. The Balaban J connectivity index is 1.90. The number of rotatable bonds is 8. The molecule has 6 nitrogen and oxygen atoms in total. The summed E-state index contributed by atoms with van der Waals surface area (Å²) in [6.07, 6.45) is 3.83. The first-order valence-electron chi connectivity index (χ1n) is 9.33. The standard InChI is InChI=1S/C19H28FN3O3S/c1-2-3-4-5-6-9-17(21-24)16-27(25,26)23-14-12-22(13-15-23)19-11-8-7-10-18(19)20/h7-8,10-11,17,21,24H,2-5,12-16H2,1H3. The number of nitrogens with zero attached hydrogens (tertiary/aromatic N) is 2. The first-order valence-corrected chi connectivity index (χ1v) is 10.9. The van der Waals surface area contributed by atoms with Crippen LogP contribution < -0.4 is 10.4 Å². The van der Waals surface area contributed by atoms with Crippen LogP contribution in [0.15, 0.2) is 24.3 Å². The lowest BCUT2D eigenvalue weighted by Crippen LogP contribution is -2.51. The van der Waals surface area contributed by atoms with E-state index in [9.17, 15) is 18.0 Å². The van der Waals surface area contributed by atoms with Crippen molar-refractivity contribution in [3.63, 3.8) is 0 Å². The highest BCUT2D eigenvalue weighted by molar-refractivity contribution is 7.89. The van der Waals surface area contributed by atoms with E-state index in [1.807, 2.05) is 10.4 Å². The Labute approximate surface area is 161 Å². The van der Waals surface area contributed by atoms with Crippen LogP contribution in [0.2, 0.25) is 0 Å². The lowest BCUT2D eigenvalue weighted by molar-refractivity contribution is 0.153. The minimum atomic E-state index is -3.57. The third-order valence-electron chi connectivity index (χ3n) is 4.54. The number of anilines is 1. The summed E-state index contributed by atoms with van der Waals surface area (Å²) in [5, 5.41) is 9.23. The lowest BCUT2D eigenvalue weighted by atomic mass is 10.2. The maximum Gasteiger partial charge on any atom is 0.216 e. The number of para-hydroxylation sites is 1. The summed E-state index contributed by atoms with van der Waals surface area (Å²) in [4.78, 5) is 1.84. The van der Waals surface area contributed by atoms with Crippen LogP contribution in [0.3, 0.4) is 0 Å². The van der Waals surface area contributed by atoms with E-state index in [1.54, 1.807) is 18.2 Å². The van der Waals surface area contributed by atoms with Crippen LogP contribution in [0.5, 0.6) is 0 Å².